The molecule has 18 heavy (non-hydrogen) atoms. The van der Waals surface area contributed by atoms with Gasteiger partial charge in [0, 0.05) is 6.08 Å². The van der Waals surface area contributed by atoms with Crippen LogP contribution >= 0.6 is 0 Å². The maximum absolute atomic E-state index is 13.0. The molecule has 2 atom stereocenters. The Balaban J connectivity index is 4.98. The van der Waals surface area contributed by atoms with E-state index >= 15 is 0 Å². The van der Waals surface area contributed by atoms with Gasteiger partial charge in [-0.3, -0.25) is 0 Å². The summed E-state index contributed by atoms with van der Waals surface area (Å²) in [5.74, 6) is -6.99. The van der Waals surface area contributed by atoms with Crippen LogP contribution < -0.4 is 0 Å². The van der Waals surface area contributed by atoms with E-state index in [-0.39, 0.29) is 6.08 Å². The minimum absolute atomic E-state index is 0.167. The number of esters is 1. The molecule has 10 heteroatoms. The largest absolute Gasteiger partial charge is 0.464 e. The minimum Gasteiger partial charge on any atom is -0.393 e. The number of aliphatic hydroxyl groups excluding tert-OH is 1. The molecule has 0 heterocycles. The van der Waals surface area contributed by atoms with Gasteiger partial charge in [-0.25, -0.2) is 4.79 Å². The SMILES string of the molecule is C=CC(=O)OC(F)(F)C(O)(F)C(O)CC(F)(F)F. The Bertz CT molecular complexity index is 324. The van der Waals surface area contributed by atoms with Gasteiger partial charge < -0.3 is 14.9 Å². The fourth-order valence-corrected chi connectivity index (χ4v) is 0.788. The van der Waals surface area contributed by atoms with Crippen molar-refractivity contribution in [3.8, 4) is 0 Å². The third-order valence-corrected chi connectivity index (χ3v) is 1.67. The van der Waals surface area contributed by atoms with Crippen LogP contribution in [0.5, 0.6) is 0 Å². The van der Waals surface area contributed by atoms with E-state index in [1.165, 1.54) is 0 Å². The number of carbonyl (C=O) groups is 1. The fourth-order valence-electron chi connectivity index (χ4n) is 0.788. The van der Waals surface area contributed by atoms with Gasteiger partial charge in [-0.05, 0) is 0 Å². The topological polar surface area (TPSA) is 66.8 Å². The van der Waals surface area contributed by atoms with Crippen LogP contribution in [-0.2, 0) is 9.53 Å². The quantitative estimate of drug-likeness (QED) is 0.453. The first-order valence-electron chi connectivity index (χ1n) is 4.23. The summed E-state index contributed by atoms with van der Waals surface area (Å²) >= 11 is 0. The molecule has 0 bridgehead atoms. The van der Waals surface area contributed by atoms with Crippen LogP contribution in [0.3, 0.4) is 0 Å². The lowest BCUT2D eigenvalue weighted by atomic mass is 10.1. The molecule has 0 aliphatic heterocycles. The molecule has 2 N–H and O–H groups in total. The molecule has 0 aromatic rings. The van der Waals surface area contributed by atoms with Gasteiger partial charge in [-0.2, -0.15) is 26.3 Å². The summed E-state index contributed by atoms with van der Waals surface area (Å²) < 4.78 is 77.0. The number of hydrogen-bond donors (Lipinski definition) is 2. The van der Waals surface area contributed by atoms with Crippen molar-refractivity contribution in [1.82, 2.24) is 0 Å². The van der Waals surface area contributed by atoms with Crippen LogP contribution in [0.1, 0.15) is 6.42 Å². The van der Waals surface area contributed by atoms with Gasteiger partial charge in [0.2, 0.25) is 0 Å². The van der Waals surface area contributed by atoms with Crippen molar-refractivity contribution in [3.63, 3.8) is 0 Å². The molecule has 4 nitrogen and oxygen atoms in total. The molecule has 0 aliphatic rings. The van der Waals surface area contributed by atoms with Gasteiger partial charge in [0.1, 0.15) is 6.10 Å². The number of ether oxygens (including phenoxy) is 1. The average molecular weight is 282 g/mol. The van der Waals surface area contributed by atoms with E-state index in [0.29, 0.717) is 0 Å². The molecule has 0 radical (unpaired) electrons. The van der Waals surface area contributed by atoms with Crippen molar-refractivity contribution in [2.24, 2.45) is 0 Å². The van der Waals surface area contributed by atoms with E-state index in [2.05, 4.69) is 11.3 Å². The number of aliphatic hydroxyl groups is 2. The van der Waals surface area contributed by atoms with Crippen LogP contribution in [0.25, 0.3) is 0 Å². The molecule has 0 aromatic heterocycles. The maximum atomic E-state index is 13.0. The zero-order valence-corrected chi connectivity index (χ0v) is 8.55. The van der Waals surface area contributed by atoms with E-state index in [9.17, 15) is 31.1 Å². The van der Waals surface area contributed by atoms with Crippen LogP contribution in [-0.4, -0.2) is 40.4 Å². The first-order valence-corrected chi connectivity index (χ1v) is 4.23. The van der Waals surface area contributed by atoms with E-state index in [1.54, 1.807) is 0 Å². The molecule has 0 saturated heterocycles. The lowest BCUT2D eigenvalue weighted by molar-refractivity contribution is -0.383. The summed E-state index contributed by atoms with van der Waals surface area (Å²) in [7, 11) is 0. The van der Waals surface area contributed by atoms with Gasteiger partial charge in [0.25, 0.3) is 0 Å². The van der Waals surface area contributed by atoms with Crippen molar-refractivity contribution >= 4 is 5.97 Å². The van der Waals surface area contributed by atoms with Crippen LogP contribution in [0.2, 0.25) is 0 Å². The highest BCUT2D eigenvalue weighted by molar-refractivity contribution is 5.81. The normalized spacial score (nSPS) is 17.8. The van der Waals surface area contributed by atoms with Crippen molar-refractivity contribution in [1.29, 1.82) is 0 Å². The lowest BCUT2D eigenvalue weighted by Crippen LogP contribution is -2.56. The maximum Gasteiger partial charge on any atom is 0.464 e. The summed E-state index contributed by atoms with van der Waals surface area (Å²) in [5.41, 5.74) is 0. The van der Waals surface area contributed by atoms with E-state index < -0.39 is 36.6 Å². The number of halogens is 6. The van der Waals surface area contributed by atoms with Crippen molar-refractivity contribution in [3.05, 3.63) is 12.7 Å². The molecule has 0 spiro atoms. The first-order chi connectivity index (χ1) is 7.83. The third kappa shape index (κ3) is 4.18. The number of hydrogen-bond acceptors (Lipinski definition) is 4. The predicted molar refractivity (Wildman–Crippen MR) is 44.0 cm³/mol. The molecule has 0 saturated carbocycles. The van der Waals surface area contributed by atoms with Crippen LogP contribution in [0, 0.1) is 0 Å². The van der Waals surface area contributed by atoms with Crippen molar-refractivity contribution in [2.45, 2.75) is 30.7 Å². The van der Waals surface area contributed by atoms with Gasteiger partial charge >= 0.3 is 24.1 Å². The number of alkyl halides is 6. The van der Waals surface area contributed by atoms with Crippen molar-refractivity contribution < 1.29 is 46.1 Å². The van der Waals surface area contributed by atoms with Gasteiger partial charge in [-0.1, -0.05) is 6.58 Å². The number of carbonyl (C=O) groups excluding carboxylic acids is 1. The van der Waals surface area contributed by atoms with Crippen molar-refractivity contribution in [2.75, 3.05) is 0 Å². The second kappa shape index (κ2) is 5.14. The fraction of sp³-hybridized carbons (Fsp3) is 0.625. The molecule has 0 amide bonds. The highest BCUT2D eigenvalue weighted by atomic mass is 19.4. The van der Waals surface area contributed by atoms with Crippen LogP contribution in [0.4, 0.5) is 26.3 Å². The summed E-state index contributed by atoms with van der Waals surface area (Å²) in [6.07, 6.45) is -16.4. The van der Waals surface area contributed by atoms with Gasteiger partial charge in [0.15, 0.2) is 0 Å². The zero-order valence-electron chi connectivity index (χ0n) is 8.55. The van der Waals surface area contributed by atoms with E-state index in [0.717, 1.165) is 0 Å². The summed E-state index contributed by atoms with van der Waals surface area (Å²) in [4.78, 5) is 10.4. The Morgan fingerprint density at radius 3 is 2.06 bits per heavy atom. The number of rotatable bonds is 5. The lowest BCUT2D eigenvalue weighted by Gasteiger charge is -2.31. The third-order valence-electron chi connectivity index (χ3n) is 1.67. The molecule has 0 fully saturated rings. The van der Waals surface area contributed by atoms with E-state index in [1.807, 2.05) is 0 Å². The Labute approximate surface area is 96.5 Å². The standard InChI is InChI=1S/C8H8F6O4/c1-2-5(16)18-8(13,14)7(12,17)4(15)3-6(9,10)11/h2,4,15,17H,1,3H2. The molecular weight excluding hydrogens is 274 g/mol. The average Bonchev–Trinajstić information content (AvgIpc) is 2.13. The molecule has 0 rings (SSSR count). The molecule has 0 aromatic carbocycles. The Hall–Kier alpha value is -1.29. The highest BCUT2D eigenvalue weighted by Gasteiger charge is 2.64. The second-order valence-electron chi connectivity index (χ2n) is 3.15. The van der Waals surface area contributed by atoms with Crippen LogP contribution in [0.15, 0.2) is 12.7 Å². The predicted octanol–water partition coefficient (Wildman–Crippen LogP) is 1.28. The zero-order chi connectivity index (χ0) is 14.8. The second-order valence-corrected chi connectivity index (χ2v) is 3.15. The highest BCUT2D eigenvalue weighted by Crippen LogP contribution is 2.38. The Kier molecular flexibility index (Phi) is 4.77. The molecular formula is C8H8F6O4. The summed E-state index contributed by atoms with van der Waals surface area (Å²) in [6, 6.07) is 0. The summed E-state index contributed by atoms with van der Waals surface area (Å²) in [6.45, 7) is 2.68. The first kappa shape index (κ1) is 16.7. The minimum atomic E-state index is -5.37. The Morgan fingerprint density at radius 2 is 1.72 bits per heavy atom. The molecule has 0 aliphatic carbocycles. The molecule has 2 unspecified atom stereocenters. The smallest absolute Gasteiger partial charge is 0.393 e. The Morgan fingerprint density at radius 1 is 1.28 bits per heavy atom. The molecule has 106 valence electrons. The van der Waals surface area contributed by atoms with Gasteiger partial charge in [0.05, 0.1) is 6.42 Å². The summed E-state index contributed by atoms with van der Waals surface area (Å²) in [5, 5.41) is 17.1. The van der Waals surface area contributed by atoms with Gasteiger partial charge in [-0.15, -0.1) is 0 Å². The van der Waals surface area contributed by atoms with E-state index in [4.69, 9.17) is 10.2 Å². The monoisotopic (exact) mass is 282 g/mol.